The molecule has 0 bridgehead atoms. The van der Waals surface area contributed by atoms with Gasteiger partial charge in [0.25, 0.3) is 0 Å². The number of likely N-dealkylation sites (tertiary alicyclic amines) is 1. The fourth-order valence-electron chi connectivity index (χ4n) is 7.85. The number of rotatable bonds is 6. The second kappa shape index (κ2) is 11.8. The van der Waals surface area contributed by atoms with Gasteiger partial charge in [0.15, 0.2) is 0 Å². The minimum atomic E-state index is -3.52. The molecule has 2 aromatic rings. The van der Waals surface area contributed by atoms with Gasteiger partial charge in [0.05, 0.1) is 24.6 Å². The van der Waals surface area contributed by atoms with Crippen LogP contribution in [0.3, 0.4) is 0 Å². The fraction of sp³-hybridized carbons (Fsp3) is 0.629. The molecule has 4 unspecified atom stereocenters. The molecule has 3 radical (unpaired) electrons. The summed E-state index contributed by atoms with van der Waals surface area (Å²) in [5.74, 6) is 1.01. The van der Waals surface area contributed by atoms with E-state index >= 15 is 0 Å². The fourth-order valence-corrected chi connectivity index (χ4v) is 12.7. The molecule has 45 heavy (non-hydrogen) atoms. The van der Waals surface area contributed by atoms with E-state index in [1.54, 1.807) is 0 Å². The van der Waals surface area contributed by atoms with Crippen LogP contribution in [0, 0.1) is 22.7 Å². The van der Waals surface area contributed by atoms with Crippen molar-refractivity contribution in [2.75, 3.05) is 11.3 Å². The van der Waals surface area contributed by atoms with Gasteiger partial charge in [-0.25, -0.2) is 8.42 Å². The normalized spacial score (nSPS) is 29.7. The van der Waals surface area contributed by atoms with Crippen molar-refractivity contribution in [3.05, 3.63) is 58.7 Å². The number of nitrogens with zero attached hydrogens (tertiary/aromatic N) is 2. The van der Waals surface area contributed by atoms with E-state index in [1.165, 1.54) is 11.1 Å². The molecule has 2 heterocycles. The number of fused-ring (bicyclic) bond motifs is 2. The second-order valence-corrected chi connectivity index (χ2v) is 24.2. The molecule has 3 aliphatic rings. The zero-order valence-corrected chi connectivity index (χ0v) is 31.3. The molecule has 2 aliphatic heterocycles. The Hall–Kier alpha value is -2.17. The van der Waals surface area contributed by atoms with Gasteiger partial charge in [0.2, 0.25) is 20.5 Å². The number of anilines is 1. The van der Waals surface area contributed by atoms with E-state index in [0.29, 0.717) is 11.7 Å². The van der Waals surface area contributed by atoms with Crippen LogP contribution in [0.1, 0.15) is 89.0 Å². The Bertz CT molecular complexity index is 1600. The summed E-state index contributed by atoms with van der Waals surface area (Å²) in [6.45, 7) is 20.1. The van der Waals surface area contributed by atoms with Crippen molar-refractivity contribution in [1.29, 1.82) is 5.26 Å². The highest BCUT2D eigenvalue weighted by Gasteiger charge is 2.59. The lowest BCUT2D eigenvalue weighted by molar-refractivity contribution is -0.219. The van der Waals surface area contributed by atoms with Crippen LogP contribution in [0.4, 0.5) is 5.69 Å². The number of piperidine rings is 1. The van der Waals surface area contributed by atoms with Gasteiger partial charge in [-0.3, -0.25) is 9.62 Å². The summed E-state index contributed by atoms with van der Waals surface area (Å²) in [4.78, 5) is 2.11. The zero-order valence-electron chi connectivity index (χ0n) is 28.5. The molecule has 243 valence electrons. The van der Waals surface area contributed by atoms with Crippen molar-refractivity contribution in [1.82, 2.24) is 4.90 Å². The third-order valence-corrected chi connectivity index (χ3v) is 18.7. The molecular weight excluding hydrogens is 615 g/mol. The molecule has 0 aromatic heterocycles. The van der Waals surface area contributed by atoms with Gasteiger partial charge in [-0.15, -0.1) is 0 Å². The van der Waals surface area contributed by atoms with E-state index in [9.17, 15) is 13.7 Å². The van der Waals surface area contributed by atoms with E-state index in [4.69, 9.17) is 9.16 Å². The largest absolute Gasteiger partial charge is 0.486 e. The first-order chi connectivity index (χ1) is 20.8. The van der Waals surface area contributed by atoms with Gasteiger partial charge < -0.3 is 9.16 Å². The Morgan fingerprint density at radius 2 is 1.89 bits per heavy atom. The summed E-state index contributed by atoms with van der Waals surface area (Å²) >= 11 is 0. The van der Waals surface area contributed by atoms with E-state index in [-0.39, 0.29) is 17.3 Å². The number of ether oxygens (including phenoxy) is 1. The number of sulfonamides is 1. The van der Waals surface area contributed by atoms with Crippen molar-refractivity contribution < 1.29 is 17.6 Å². The summed E-state index contributed by atoms with van der Waals surface area (Å²) in [7, 11) is -1.91. The third-order valence-electron chi connectivity index (χ3n) is 11.4. The average Bonchev–Trinajstić information content (AvgIpc) is 2.97. The Morgan fingerprint density at radius 3 is 2.51 bits per heavy atom. The Kier molecular flexibility index (Phi) is 8.97. The van der Waals surface area contributed by atoms with Crippen LogP contribution in [-0.4, -0.2) is 60.7 Å². The highest BCUT2D eigenvalue weighted by atomic mass is 32.2. The van der Waals surface area contributed by atoms with Crippen LogP contribution in [0.5, 0.6) is 5.75 Å². The maximum Gasteiger partial charge on any atom is 0.248 e. The molecule has 1 saturated heterocycles. The molecule has 5 rings (SSSR count). The Morgan fingerprint density at radius 1 is 1.18 bits per heavy atom. The summed E-state index contributed by atoms with van der Waals surface area (Å²) < 4.78 is 42.8. The van der Waals surface area contributed by atoms with Gasteiger partial charge in [-0.05, 0) is 97.9 Å². The summed E-state index contributed by atoms with van der Waals surface area (Å²) in [6.07, 6.45) is 4.56. The molecule has 7 nitrogen and oxygen atoms in total. The van der Waals surface area contributed by atoms with Crippen molar-refractivity contribution in [3.63, 3.8) is 0 Å². The molecule has 0 amide bonds. The first kappa shape index (κ1) is 34.2. The molecule has 1 aliphatic carbocycles. The minimum Gasteiger partial charge on any atom is -0.486 e. The number of benzene rings is 2. The highest BCUT2D eigenvalue weighted by molar-refractivity contribution is 7.95. The Labute approximate surface area is 275 Å². The number of nitrogens with one attached hydrogen (secondary N) is 1. The Balaban J connectivity index is 1.44. The summed E-state index contributed by atoms with van der Waals surface area (Å²) in [6, 6.07) is 14.5. The molecule has 6 atom stereocenters. The molecule has 1 N–H and O–H groups in total. The van der Waals surface area contributed by atoms with Crippen LogP contribution in [0.15, 0.2) is 36.4 Å². The summed E-state index contributed by atoms with van der Waals surface area (Å²) in [5, 5.41) is 9.36. The van der Waals surface area contributed by atoms with Crippen molar-refractivity contribution in [2.24, 2.45) is 11.3 Å². The lowest BCUT2D eigenvalue weighted by Gasteiger charge is -2.61. The van der Waals surface area contributed by atoms with Gasteiger partial charge in [-0.2, -0.15) is 5.26 Å². The second-order valence-electron chi connectivity index (χ2n) is 16.0. The van der Waals surface area contributed by atoms with Crippen LogP contribution in [0.25, 0.3) is 0 Å². The van der Waals surface area contributed by atoms with E-state index in [1.807, 2.05) is 37.3 Å². The molecule has 1 fully saturated rings. The third kappa shape index (κ3) is 6.28. The lowest BCUT2D eigenvalue weighted by atomic mass is 9.62. The first-order valence-corrected chi connectivity index (χ1v) is 21.9. The predicted octanol–water partition coefficient (Wildman–Crippen LogP) is 6.93. The van der Waals surface area contributed by atoms with Gasteiger partial charge in [-0.1, -0.05) is 53.4 Å². The van der Waals surface area contributed by atoms with Crippen molar-refractivity contribution in [2.45, 2.75) is 121 Å². The quantitative estimate of drug-likeness (QED) is 0.337. The number of nitriles is 1. The highest BCUT2D eigenvalue weighted by Crippen LogP contribution is 2.56. The molecule has 10 heteroatoms. The summed E-state index contributed by atoms with van der Waals surface area (Å²) in [5.41, 5.74) is 3.83. The SMILES string of the molecule is CC1C2(CCN([C@@H]3CCc4cc(C#N)ccc4C3)C1(C)O[Si])C[C@H](C(C)(C)C)c1cc(NS(=O)(=O)C(C)[Si](C)(C)C)ccc1O2. The van der Waals surface area contributed by atoms with Gasteiger partial charge >= 0.3 is 0 Å². The van der Waals surface area contributed by atoms with Crippen LogP contribution >= 0.6 is 0 Å². The van der Waals surface area contributed by atoms with Crippen molar-refractivity contribution in [3.8, 4) is 11.8 Å². The smallest absolute Gasteiger partial charge is 0.248 e. The van der Waals surface area contributed by atoms with Gasteiger partial charge in [0, 0.05) is 30.6 Å². The maximum absolute atomic E-state index is 13.3. The maximum atomic E-state index is 13.3. The molecule has 1 spiro atoms. The monoisotopic (exact) mass is 664 g/mol. The number of aryl methyl sites for hydroxylation is 1. The first-order valence-electron chi connectivity index (χ1n) is 16.3. The zero-order chi connectivity index (χ0) is 33.2. The molecular formula is C35H50N3O4SSi2. The van der Waals surface area contributed by atoms with Crippen molar-refractivity contribution >= 4 is 34.3 Å². The molecule has 0 saturated carbocycles. The molecule has 2 aromatic carbocycles. The minimum absolute atomic E-state index is 0.0207. The van der Waals surface area contributed by atoms with Crippen LogP contribution < -0.4 is 9.46 Å². The topological polar surface area (TPSA) is 91.7 Å². The average molecular weight is 665 g/mol. The van der Waals surface area contributed by atoms with Crippen LogP contribution in [0.2, 0.25) is 19.6 Å². The van der Waals surface area contributed by atoms with Crippen LogP contribution in [-0.2, 0) is 27.3 Å². The van der Waals surface area contributed by atoms with Gasteiger partial charge in [0.1, 0.15) is 17.1 Å². The number of hydrogen-bond acceptors (Lipinski definition) is 6. The predicted molar refractivity (Wildman–Crippen MR) is 185 cm³/mol. The van der Waals surface area contributed by atoms with E-state index in [0.717, 1.165) is 55.5 Å². The standard InChI is InChI=1S/C35H50N3O4SSi2/c1-23-34(6,42-44)38(29-14-12-26-18-25(22-36)10-11-27(26)19-29)17-16-35(23)21-31(33(3,4)5)30-20-28(13-15-32(30)41-35)37-43(39,40)24(2)45(7,8)9/h10-11,13,15,18,20,23-24,29,31,37H,12,14,16-17,19,21H2,1-9H3/t23?,24?,29-,31+,34?,35?/m1/s1. The lowest BCUT2D eigenvalue weighted by Crippen LogP contribution is -2.70. The number of hydrogen-bond donors (Lipinski definition) is 1. The van der Waals surface area contributed by atoms with E-state index < -0.39 is 34.3 Å². The van der Waals surface area contributed by atoms with E-state index in [2.05, 4.69) is 86.5 Å².